The van der Waals surface area contributed by atoms with Crippen LogP contribution in [0.4, 0.5) is 0 Å². The van der Waals surface area contributed by atoms with Crippen LogP contribution in [0.15, 0.2) is 158 Å². The monoisotopic (exact) mass is 567 g/mol. The van der Waals surface area contributed by atoms with Gasteiger partial charge in [0.2, 0.25) is 0 Å². The topological polar surface area (TPSA) is 63.0 Å². The van der Waals surface area contributed by atoms with Gasteiger partial charge in [-0.1, -0.05) is 103 Å². The number of nitrogens with zero attached hydrogens (tertiary/aromatic N) is 2. The van der Waals surface area contributed by atoms with Gasteiger partial charge in [0.25, 0.3) is 0 Å². The molecule has 2 aromatic heterocycles. The molecule has 1 unspecified atom stereocenters. The lowest BCUT2D eigenvalue weighted by Gasteiger charge is -2.23. The Morgan fingerprint density at radius 1 is 0.500 bits per heavy atom. The van der Waals surface area contributed by atoms with E-state index in [1.54, 1.807) is 0 Å². The highest BCUT2D eigenvalue weighted by Gasteiger charge is 2.23. The third kappa shape index (κ3) is 4.02. The second kappa shape index (κ2) is 9.82. The normalized spacial score (nSPS) is 15.0. The maximum Gasteiger partial charge on any atom is 0.160 e. The van der Waals surface area contributed by atoms with Crippen molar-refractivity contribution in [2.75, 3.05) is 0 Å². The van der Waals surface area contributed by atoms with Crippen LogP contribution < -0.4 is 5.32 Å². The van der Waals surface area contributed by atoms with E-state index in [0.717, 1.165) is 77.5 Å². The van der Waals surface area contributed by atoms with Crippen molar-refractivity contribution in [3.8, 4) is 11.1 Å². The molecule has 5 nitrogen and oxygen atoms in total. The van der Waals surface area contributed by atoms with Crippen molar-refractivity contribution in [3.63, 3.8) is 0 Å². The molecule has 0 saturated carbocycles. The van der Waals surface area contributed by atoms with Crippen molar-refractivity contribution in [1.82, 2.24) is 5.32 Å². The number of para-hydroxylation sites is 1. The Bertz CT molecular complexity index is 2420. The molecular formula is C39H25N3O2. The summed E-state index contributed by atoms with van der Waals surface area (Å²) in [7, 11) is 0. The van der Waals surface area contributed by atoms with Gasteiger partial charge in [0, 0.05) is 32.7 Å². The van der Waals surface area contributed by atoms with Gasteiger partial charge in [0.1, 0.15) is 34.3 Å². The van der Waals surface area contributed by atoms with E-state index in [4.69, 9.17) is 18.8 Å². The molecule has 3 heterocycles. The van der Waals surface area contributed by atoms with E-state index in [1.807, 2.05) is 66.7 Å². The molecule has 8 aromatic rings. The molecule has 208 valence electrons. The number of fused-ring (bicyclic) bond motifs is 6. The molecule has 5 heteroatoms. The van der Waals surface area contributed by atoms with Crippen LogP contribution in [0.5, 0.6) is 0 Å². The van der Waals surface area contributed by atoms with Gasteiger partial charge in [-0.05, 0) is 53.1 Å². The van der Waals surface area contributed by atoms with E-state index in [-0.39, 0.29) is 6.17 Å². The molecule has 0 bridgehead atoms. The van der Waals surface area contributed by atoms with Gasteiger partial charge in [-0.2, -0.15) is 0 Å². The van der Waals surface area contributed by atoms with Crippen LogP contribution >= 0.6 is 0 Å². The van der Waals surface area contributed by atoms with Crippen molar-refractivity contribution in [2.45, 2.75) is 6.17 Å². The fraction of sp³-hybridized carbons (Fsp3) is 0.0256. The highest BCUT2D eigenvalue weighted by atomic mass is 16.3. The van der Waals surface area contributed by atoms with Crippen LogP contribution in [0.2, 0.25) is 0 Å². The predicted octanol–water partition coefficient (Wildman–Crippen LogP) is 9.65. The van der Waals surface area contributed by atoms with Crippen molar-refractivity contribution in [3.05, 3.63) is 156 Å². The zero-order valence-electron chi connectivity index (χ0n) is 23.6. The van der Waals surface area contributed by atoms with Gasteiger partial charge in [0.15, 0.2) is 5.84 Å². The molecule has 0 saturated heterocycles. The number of aliphatic imine (C=N–C) groups is 2. The Labute approximate surface area is 252 Å². The molecule has 44 heavy (non-hydrogen) atoms. The zero-order valence-corrected chi connectivity index (χ0v) is 23.6. The number of hydrogen-bond donors (Lipinski definition) is 1. The average Bonchev–Trinajstić information content (AvgIpc) is 3.66. The first-order chi connectivity index (χ1) is 21.8. The summed E-state index contributed by atoms with van der Waals surface area (Å²) in [6, 6.07) is 47.5. The van der Waals surface area contributed by atoms with Crippen molar-refractivity contribution in [1.29, 1.82) is 0 Å². The minimum Gasteiger partial charge on any atom is -0.456 e. The molecule has 1 aliphatic rings. The summed E-state index contributed by atoms with van der Waals surface area (Å²) in [6.45, 7) is 0. The van der Waals surface area contributed by atoms with Crippen LogP contribution in [0, 0.1) is 0 Å². The average molecular weight is 568 g/mol. The highest BCUT2D eigenvalue weighted by Crippen LogP contribution is 2.37. The Hall–Kier alpha value is -5.94. The molecule has 0 amide bonds. The van der Waals surface area contributed by atoms with Crippen molar-refractivity contribution < 1.29 is 8.83 Å². The second-order valence-corrected chi connectivity index (χ2v) is 11.0. The number of hydrogen-bond acceptors (Lipinski definition) is 5. The fourth-order valence-corrected chi connectivity index (χ4v) is 6.22. The first kappa shape index (κ1) is 24.6. The van der Waals surface area contributed by atoms with Gasteiger partial charge >= 0.3 is 0 Å². The molecule has 9 rings (SSSR count). The number of rotatable bonds is 4. The van der Waals surface area contributed by atoms with Crippen molar-refractivity contribution >= 4 is 55.5 Å². The van der Waals surface area contributed by atoms with Crippen LogP contribution in [-0.2, 0) is 0 Å². The number of amidine groups is 2. The molecule has 1 aliphatic heterocycles. The number of furan rings is 2. The molecule has 0 spiro atoms. The van der Waals surface area contributed by atoms with E-state index >= 15 is 0 Å². The fourth-order valence-electron chi connectivity index (χ4n) is 6.22. The third-order valence-corrected chi connectivity index (χ3v) is 8.35. The smallest absolute Gasteiger partial charge is 0.160 e. The van der Waals surface area contributed by atoms with E-state index in [2.05, 4.69) is 78.1 Å². The Morgan fingerprint density at radius 3 is 1.95 bits per heavy atom. The minimum atomic E-state index is -0.278. The zero-order chi connectivity index (χ0) is 29.0. The van der Waals surface area contributed by atoms with Gasteiger partial charge < -0.3 is 14.2 Å². The van der Waals surface area contributed by atoms with Crippen molar-refractivity contribution in [2.24, 2.45) is 9.98 Å². The highest BCUT2D eigenvalue weighted by molar-refractivity contribution is 6.22. The molecule has 6 aromatic carbocycles. The summed E-state index contributed by atoms with van der Waals surface area (Å²) in [4.78, 5) is 10.2. The predicted molar refractivity (Wildman–Crippen MR) is 178 cm³/mol. The largest absolute Gasteiger partial charge is 0.456 e. The molecular weight excluding hydrogens is 542 g/mol. The summed E-state index contributed by atoms with van der Waals surface area (Å²) >= 11 is 0. The lowest BCUT2D eigenvalue weighted by molar-refractivity contribution is 0.668. The molecule has 1 N–H and O–H groups in total. The number of benzene rings is 6. The summed E-state index contributed by atoms with van der Waals surface area (Å²) in [6.07, 6.45) is -0.278. The standard InChI is InChI=1S/C39H25N3O2/c1-3-10-24(11-4-1)37-40-38(25-12-5-2-6-13-25)42-39(41-37)29-15-9-17-35-36(29)31-23-27(19-21-34(31)44-35)26-18-20-33-30(22-26)28-14-7-8-16-32(28)43-33/h1-23,37H,(H,40,41,42). The lowest BCUT2D eigenvalue weighted by atomic mass is 9.99. The van der Waals surface area contributed by atoms with Crippen LogP contribution in [0.25, 0.3) is 55.0 Å². The number of nitrogens with one attached hydrogen (secondary N) is 1. The van der Waals surface area contributed by atoms with E-state index in [0.29, 0.717) is 5.84 Å². The van der Waals surface area contributed by atoms with Crippen LogP contribution in [0.3, 0.4) is 0 Å². The van der Waals surface area contributed by atoms with E-state index in [1.165, 1.54) is 0 Å². The molecule has 1 atom stereocenters. The summed E-state index contributed by atoms with van der Waals surface area (Å²) in [5.74, 6) is 1.46. The molecule has 0 fully saturated rings. The quantitative estimate of drug-likeness (QED) is 0.230. The summed E-state index contributed by atoms with van der Waals surface area (Å²) in [5, 5.41) is 7.80. The summed E-state index contributed by atoms with van der Waals surface area (Å²) < 4.78 is 12.5. The maximum absolute atomic E-state index is 6.38. The summed E-state index contributed by atoms with van der Waals surface area (Å²) in [5.41, 5.74) is 8.65. The van der Waals surface area contributed by atoms with Crippen LogP contribution in [0.1, 0.15) is 22.9 Å². The Morgan fingerprint density at radius 2 is 1.14 bits per heavy atom. The van der Waals surface area contributed by atoms with E-state index in [9.17, 15) is 0 Å². The SMILES string of the molecule is c1ccc(C2=NC(c3cccc4oc5ccc(-c6ccc7oc8ccccc8c7c6)cc5c34)=NC(c3ccccc3)N2)cc1. The van der Waals surface area contributed by atoms with Gasteiger partial charge in [-0.3, -0.25) is 0 Å². The molecule has 0 radical (unpaired) electrons. The third-order valence-electron chi connectivity index (χ3n) is 8.35. The Balaban J connectivity index is 1.22. The second-order valence-electron chi connectivity index (χ2n) is 11.0. The lowest BCUT2D eigenvalue weighted by Crippen LogP contribution is -2.33. The van der Waals surface area contributed by atoms with Gasteiger partial charge in [-0.25, -0.2) is 9.98 Å². The first-order valence-corrected chi connectivity index (χ1v) is 14.7. The maximum atomic E-state index is 6.38. The molecule has 0 aliphatic carbocycles. The van der Waals surface area contributed by atoms with E-state index < -0.39 is 0 Å². The minimum absolute atomic E-state index is 0.278. The first-order valence-electron chi connectivity index (χ1n) is 14.7. The van der Waals surface area contributed by atoms with Gasteiger partial charge in [0.05, 0.1) is 0 Å². The van der Waals surface area contributed by atoms with Gasteiger partial charge in [-0.15, -0.1) is 0 Å². The van der Waals surface area contributed by atoms with Crippen LogP contribution in [-0.4, -0.2) is 11.7 Å². The Kier molecular flexibility index (Phi) is 5.50.